The summed E-state index contributed by atoms with van der Waals surface area (Å²) in [4.78, 5) is 4.53. The Balaban J connectivity index is 1.46. The molecule has 6 heteroatoms. The van der Waals surface area contributed by atoms with Gasteiger partial charge in [-0.1, -0.05) is 54.6 Å². The summed E-state index contributed by atoms with van der Waals surface area (Å²) in [5, 5.41) is 1.95. The molecule has 0 amide bonds. The van der Waals surface area contributed by atoms with Crippen molar-refractivity contribution >= 4 is 24.8 Å². The molecular formula is C23H23N3O2S. The molecule has 148 valence electrons. The van der Waals surface area contributed by atoms with Crippen LogP contribution < -0.4 is 14.5 Å². The molecule has 3 aromatic carbocycles. The van der Waals surface area contributed by atoms with E-state index in [-0.39, 0.29) is 6.17 Å². The van der Waals surface area contributed by atoms with Gasteiger partial charge in [-0.25, -0.2) is 14.4 Å². The Hall–Kier alpha value is -3.12. The predicted octanol–water partition coefficient (Wildman–Crippen LogP) is 5.07. The van der Waals surface area contributed by atoms with Gasteiger partial charge < -0.3 is 9.47 Å². The van der Waals surface area contributed by atoms with Gasteiger partial charge in [-0.3, -0.25) is 0 Å². The molecule has 0 saturated carbocycles. The van der Waals surface area contributed by atoms with Crippen molar-refractivity contribution in [1.29, 1.82) is 0 Å². The third kappa shape index (κ3) is 4.32. The number of ether oxygens (including phenoxy) is 2. The number of hydrogen-bond donors (Lipinski definition) is 1. The lowest BCUT2D eigenvalue weighted by Crippen LogP contribution is -2.40. The van der Waals surface area contributed by atoms with Crippen LogP contribution in [0.15, 0.2) is 83.9 Å². The Labute approximate surface area is 176 Å². The Morgan fingerprint density at radius 1 is 0.862 bits per heavy atom. The molecule has 0 radical (unpaired) electrons. The van der Waals surface area contributed by atoms with E-state index in [0.717, 1.165) is 22.7 Å². The molecule has 0 aromatic heterocycles. The van der Waals surface area contributed by atoms with E-state index in [0.29, 0.717) is 13.2 Å². The van der Waals surface area contributed by atoms with Gasteiger partial charge in [-0.2, -0.15) is 0 Å². The van der Waals surface area contributed by atoms with Crippen molar-refractivity contribution in [2.24, 2.45) is 4.99 Å². The number of thiol groups is 1. The average molecular weight is 406 g/mol. The van der Waals surface area contributed by atoms with Gasteiger partial charge >= 0.3 is 0 Å². The van der Waals surface area contributed by atoms with Gasteiger partial charge in [0.1, 0.15) is 30.1 Å². The van der Waals surface area contributed by atoms with Gasteiger partial charge in [-0.05, 0) is 55.1 Å². The van der Waals surface area contributed by atoms with Crippen LogP contribution in [0.3, 0.4) is 0 Å². The summed E-state index contributed by atoms with van der Waals surface area (Å²) < 4.78 is 13.4. The maximum Gasteiger partial charge on any atom is 0.176 e. The van der Waals surface area contributed by atoms with Crippen molar-refractivity contribution in [1.82, 2.24) is 4.41 Å². The number of hydrazine groups is 1. The van der Waals surface area contributed by atoms with Crippen LogP contribution in [-0.2, 0) is 0 Å². The number of anilines is 1. The number of rotatable bonds is 7. The Bertz CT molecular complexity index is 963. The minimum absolute atomic E-state index is 0.233. The van der Waals surface area contributed by atoms with Crippen molar-refractivity contribution < 1.29 is 9.47 Å². The molecule has 0 N–H and O–H groups in total. The normalized spacial score (nSPS) is 15.6. The zero-order valence-electron chi connectivity index (χ0n) is 16.2. The zero-order chi connectivity index (χ0) is 20.1. The van der Waals surface area contributed by atoms with E-state index in [9.17, 15) is 0 Å². The number of aliphatic imine (C=N–C) groups is 1. The second-order valence-electron chi connectivity index (χ2n) is 6.51. The van der Waals surface area contributed by atoms with Crippen molar-refractivity contribution in [3.05, 3.63) is 78.9 Å². The molecule has 1 unspecified atom stereocenters. The lowest BCUT2D eigenvalue weighted by atomic mass is 10.1. The summed E-state index contributed by atoms with van der Waals surface area (Å²) in [6.45, 7) is 2.95. The van der Waals surface area contributed by atoms with Crippen LogP contribution in [0, 0.1) is 0 Å². The molecule has 4 rings (SSSR count). The van der Waals surface area contributed by atoms with Gasteiger partial charge in [0.2, 0.25) is 0 Å². The van der Waals surface area contributed by atoms with E-state index >= 15 is 0 Å². The smallest absolute Gasteiger partial charge is 0.176 e. The maximum atomic E-state index is 6.02. The van der Waals surface area contributed by atoms with E-state index in [1.165, 1.54) is 5.56 Å². The Morgan fingerprint density at radius 3 is 2.31 bits per heavy atom. The first kappa shape index (κ1) is 19.2. The molecule has 1 aliphatic heterocycles. The molecule has 0 bridgehead atoms. The van der Waals surface area contributed by atoms with Crippen LogP contribution in [0.1, 0.15) is 6.92 Å². The van der Waals surface area contributed by atoms with E-state index in [4.69, 9.17) is 9.47 Å². The minimum atomic E-state index is -0.233. The van der Waals surface area contributed by atoms with Gasteiger partial charge in [0.25, 0.3) is 0 Å². The summed E-state index contributed by atoms with van der Waals surface area (Å²) in [6.07, 6.45) is 1.45. The predicted molar refractivity (Wildman–Crippen MR) is 121 cm³/mol. The molecule has 3 aromatic rings. The summed E-state index contributed by atoms with van der Waals surface area (Å²) in [5.74, 6) is 1.59. The molecule has 0 aliphatic carbocycles. The summed E-state index contributed by atoms with van der Waals surface area (Å²) in [5.41, 5.74) is 3.24. The van der Waals surface area contributed by atoms with Crippen molar-refractivity contribution in [3.63, 3.8) is 0 Å². The van der Waals surface area contributed by atoms with Crippen LogP contribution >= 0.6 is 12.8 Å². The van der Waals surface area contributed by atoms with E-state index in [1.807, 2.05) is 66.5 Å². The first-order valence-electron chi connectivity index (χ1n) is 9.57. The molecular weight excluding hydrogens is 382 g/mol. The van der Waals surface area contributed by atoms with E-state index in [2.05, 4.69) is 42.1 Å². The molecule has 0 fully saturated rings. The summed E-state index contributed by atoms with van der Waals surface area (Å²) >= 11 is 4.51. The quantitative estimate of drug-likeness (QED) is 0.557. The van der Waals surface area contributed by atoms with Gasteiger partial charge in [0.15, 0.2) is 6.17 Å². The summed E-state index contributed by atoms with van der Waals surface area (Å²) in [6, 6.07) is 26.2. The van der Waals surface area contributed by atoms with Crippen LogP contribution in [0.2, 0.25) is 0 Å². The first-order valence-corrected chi connectivity index (χ1v) is 9.97. The molecule has 1 aliphatic rings. The lowest BCUT2D eigenvalue weighted by Gasteiger charge is -2.31. The lowest BCUT2D eigenvalue weighted by molar-refractivity contribution is 0.277. The Kier molecular flexibility index (Phi) is 5.91. The average Bonchev–Trinajstić information content (AvgIpc) is 3.14. The SMILES string of the molecule is CCOc1ccccc1N1C(COc2ccc(-c3ccccc3)cc2)N=CN1S. The van der Waals surface area contributed by atoms with Gasteiger partial charge in [-0.15, -0.1) is 0 Å². The zero-order valence-corrected chi connectivity index (χ0v) is 17.1. The number of nitrogens with zero attached hydrogens (tertiary/aromatic N) is 3. The fraction of sp³-hybridized carbons (Fsp3) is 0.174. The standard InChI is InChI=1S/C23H23N3O2S/c1-2-27-22-11-7-6-10-21(22)26-23(24-17-25(26)29)16-28-20-14-12-19(13-15-20)18-8-4-3-5-9-18/h3-15,17,23,29H,2,16H2,1H3. The highest BCUT2D eigenvalue weighted by molar-refractivity contribution is 7.78. The number of hydrogen-bond acceptors (Lipinski definition) is 6. The fourth-order valence-electron chi connectivity index (χ4n) is 3.25. The maximum absolute atomic E-state index is 6.02. The molecule has 0 spiro atoms. The first-order chi connectivity index (χ1) is 14.3. The van der Waals surface area contributed by atoms with Crippen molar-refractivity contribution in [2.75, 3.05) is 18.2 Å². The highest BCUT2D eigenvalue weighted by Gasteiger charge is 2.29. The third-order valence-corrected chi connectivity index (χ3v) is 4.91. The second-order valence-corrected chi connectivity index (χ2v) is 6.92. The van der Waals surface area contributed by atoms with Gasteiger partial charge in [0, 0.05) is 0 Å². The number of para-hydroxylation sites is 2. The number of benzene rings is 3. The second kappa shape index (κ2) is 8.92. The minimum Gasteiger partial charge on any atom is -0.492 e. The monoisotopic (exact) mass is 405 g/mol. The highest BCUT2D eigenvalue weighted by atomic mass is 32.1. The molecule has 1 heterocycles. The van der Waals surface area contributed by atoms with E-state index < -0.39 is 0 Å². The van der Waals surface area contributed by atoms with Gasteiger partial charge in [0.05, 0.1) is 6.61 Å². The van der Waals surface area contributed by atoms with Crippen LogP contribution in [0.25, 0.3) is 11.1 Å². The molecule has 29 heavy (non-hydrogen) atoms. The van der Waals surface area contributed by atoms with Crippen molar-refractivity contribution in [3.8, 4) is 22.6 Å². The Morgan fingerprint density at radius 2 is 1.55 bits per heavy atom. The van der Waals surface area contributed by atoms with Crippen molar-refractivity contribution in [2.45, 2.75) is 13.1 Å². The molecule has 5 nitrogen and oxygen atoms in total. The van der Waals surface area contributed by atoms with Crippen LogP contribution in [-0.4, -0.2) is 30.1 Å². The molecule has 1 atom stereocenters. The third-order valence-electron chi connectivity index (χ3n) is 4.62. The fourth-order valence-corrected chi connectivity index (χ4v) is 3.52. The largest absolute Gasteiger partial charge is 0.492 e. The van der Waals surface area contributed by atoms with E-state index in [1.54, 1.807) is 10.8 Å². The summed E-state index contributed by atoms with van der Waals surface area (Å²) in [7, 11) is 0. The highest BCUT2D eigenvalue weighted by Crippen LogP contribution is 2.33. The molecule has 0 saturated heterocycles. The van der Waals surface area contributed by atoms with Crippen LogP contribution in [0.5, 0.6) is 11.5 Å². The topological polar surface area (TPSA) is 37.3 Å². The van der Waals surface area contributed by atoms with Crippen LogP contribution in [0.4, 0.5) is 5.69 Å².